The Morgan fingerprint density at radius 1 is 1.22 bits per heavy atom. The second-order valence-electron chi connectivity index (χ2n) is 9.04. The topological polar surface area (TPSA) is 148 Å². The molecule has 0 unspecified atom stereocenters. The average Bonchev–Trinajstić information content (AvgIpc) is 3.22. The van der Waals surface area contributed by atoms with Gasteiger partial charge in [-0.3, -0.25) is 9.59 Å². The van der Waals surface area contributed by atoms with Gasteiger partial charge >= 0.3 is 11.9 Å². The molecule has 36 heavy (non-hydrogen) atoms. The van der Waals surface area contributed by atoms with Crippen molar-refractivity contribution in [2.45, 2.75) is 64.6 Å². The molecule has 0 saturated heterocycles. The summed E-state index contributed by atoms with van der Waals surface area (Å²) in [5.41, 5.74) is 1.89. The van der Waals surface area contributed by atoms with Gasteiger partial charge in [0.1, 0.15) is 12.4 Å². The molecule has 2 aromatic heterocycles. The second kappa shape index (κ2) is 8.72. The third-order valence-corrected chi connectivity index (χ3v) is 7.01. The van der Waals surface area contributed by atoms with E-state index in [9.17, 15) is 19.5 Å². The Labute approximate surface area is 205 Å². The number of aromatic nitrogens is 2. The van der Waals surface area contributed by atoms with Crippen LogP contribution < -0.4 is 5.56 Å². The summed E-state index contributed by atoms with van der Waals surface area (Å²) in [5, 5.41) is 29.0. The Hall–Kier alpha value is -3.76. The molecule has 1 aromatic carbocycles. The van der Waals surface area contributed by atoms with Crippen molar-refractivity contribution in [2.24, 2.45) is 0 Å². The zero-order valence-electron chi connectivity index (χ0n) is 19.9. The maximum atomic E-state index is 13.6. The first-order valence-corrected chi connectivity index (χ1v) is 11.9. The van der Waals surface area contributed by atoms with E-state index >= 15 is 0 Å². The van der Waals surface area contributed by atoms with Gasteiger partial charge in [-0.15, -0.1) is 0 Å². The Bertz CT molecular complexity index is 1480. The van der Waals surface area contributed by atoms with Crippen LogP contribution in [0.4, 0.5) is 0 Å². The van der Waals surface area contributed by atoms with Crippen LogP contribution in [-0.4, -0.2) is 43.1 Å². The van der Waals surface area contributed by atoms with Crippen molar-refractivity contribution >= 4 is 22.8 Å². The molecule has 4 heterocycles. The number of ether oxygens (including phenoxy) is 2. The van der Waals surface area contributed by atoms with Crippen LogP contribution in [-0.2, 0) is 44.2 Å². The number of rotatable bonds is 6. The number of aliphatic hydroxyl groups is 2. The van der Waals surface area contributed by atoms with Crippen LogP contribution in [0.1, 0.15) is 55.4 Å². The summed E-state index contributed by atoms with van der Waals surface area (Å²) < 4.78 is 12.5. The van der Waals surface area contributed by atoms with Gasteiger partial charge in [0.2, 0.25) is 5.60 Å². The SMILES string of the molecule is CCc1c2c(nc3ccc(O)cc13)-c1cc3c(c(=O)n1C2)COC(=O)[C@@]3(CC)OC(=O)CCC(O)O. The molecule has 0 amide bonds. The van der Waals surface area contributed by atoms with Crippen molar-refractivity contribution in [1.82, 2.24) is 9.55 Å². The zero-order valence-corrected chi connectivity index (χ0v) is 19.9. The highest BCUT2D eigenvalue weighted by atomic mass is 16.6. The smallest absolute Gasteiger partial charge is 0.355 e. The molecule has 188 valence electrons. The number of carbonyl (C=O) groups is 2. The van der Waals surface area contributed by atoms with E-state index < -0.39 is 23.8 Å². The summed E-state index contributed by atoms with van der Waals surface area (Å²) >= 11 is 0. The van der Waals surface area contributed by atoms with E-state index in [1.165, 1.54) is 0 Å². The Kier molecular flexibility index (Phi) is 5.80. The number of benzene rings is 1. The molecular formula is C26H26N2O8. The Morgan fingerprint density at radius 3 is 2.69 bits per heavy atom. The average molecular weight is 495 g/mol. The standard InChI is InChI=1S/C26H26N2O8/c1-3-14-15-9-13(29)5-6-19(15)27-23-16(14)11-28-20(23)10-18-17(24(28)33)12-35-25(34)26(18,4-2)36-22(32)8-7-21(30)31/h5-6,9-10,21,29-31H,3-4,7-8,11-12H2,1-2H3/t26-/m0/s1. The molecule has 10 heteroatoms. The number of cyclic esters (lactones) is 1. The van der Waals surface area contributed by atoms with Crippen LogP contribution >= 0.6 is 0 Å². The molecule has 3 aromatic rings. The molecule has 2 aliphatic rings. The lowest BCUT2D eigenvalue weighted by Gasteiger charge is -2.35. The minimum absolute atomic E-state index is 0.0205. The third-order valence-electron chi connectivity index (χ3n) is 7.01. The number of hydrogen-bond acceptors (Lipinski definition) is 9. The van der Waals surface area contributed by atoms with Gasteiger partial charge in [0.05, 0.1) is 35.4 Å². The van der Waals surface area contributed by atoms with Gasteiger partial charge in [-0.25, -0.2) is 9.78 Å². The number of esters is 2. The number of nitrogens with zero attached hydrogens (tertiary/aromatic N) is 2. The van der Waals surface area contributed by atoms with Crippen LogP contribution in [0.15, 0.2) is 29.1 Å². The van der Waals surface area contributed by atoms with E-state index in [0.29, 0.717) is 23.3 Å². The number of fused-ring (bicyclic) bond motifs is 5. The molecule has 0 aliphatic carbocycles. The number of aromatic hydroxyl groups is 1. The largest absolute Gasteiger partial charge is 0.508 e. The molecule has 0 fully saturated rings. The number of carbonyl (C=O) groups excluding carboxylic acids is 2. The molecule has 0 bridgehead atoms. The number of aryl methyl sites for hydroxylation is 1. The maximum absolute atomic E-state index is 13.6. The summed E-state index contributed by atoms with van der Waals surface area (Å²) in [7, 11) is 0. The summed E-state index contributed by atoms with van der Waals surface area (Å²) in [5.74, 6) is -1.47. The van der Waals surface area contributed by atoms with Gasteiger partial charge in [0.25, 0.3) is 5.56 Å². The van der Waals surface area contributed by atoms with Crippen molar-refractivity contribution in [2.75, 3.05) is 0 Å². The first kappa shape index (κ1) is 24.0. The van der Waals surface area contributed by atoms with Crippen LogP contribution in [0.3, 0.4) is 0 Å². The lowest BCUT2D eigenvalue weighted by Crippen LogP contribution is -2.47. The van der Waals surface area contributed by atoms with E-state index in [4.69, 9.17) is 24.7 Å². The van der Waals surface area contributed by atoms with Crippen molar-refractivity contribution < 1.29 is 34.4 Å². The number of phenols is 1. The number of pyridine rings is 2. The minimum Gasteiger partial charge on any atom is -0.508 e. The van der Waals surface area contributed by atoms with Gasteiger partial charge in [-0.05, 0) is 42.7 Å². The molecule has 1 atom stereocenters. The highest BCUT2D eigenvalue weighted by Crippen LogP contribution is 2.42. The molecular weight excluding hydrogens is 468 g/mol. The fourth-order valence-electron chi connectivity index (χ4n) is 5.20. The van der Waals surface area contributed by atoms with E-state index in [-0.39, 0.29) is 54.8 Å². The summed E-state index contributed by atoms with van der Waals surface area (Å²) in [6.45, 7) is 3.67. The lowest BCUT2D eigenvalue weighted by atomic mass is 9.85. The Balaban J connectivity index is 1.70. The quantitative estimate of drug-likeness (QED) is 0.270. The lowest BCUT2D eigenvalue weighted by molar-refractivity contribution is -0.190. The summed E-state index contributed by atoms with van der Waals surface area (Å²) in [6.07, 6.45) is -1.60. The minimum atomic E-state index is -1.83. The second-order valence-corrected chi connectivity index (χ2v) is 9.04. The highest BCUT2D eigenvalue weighted by molar-refractivity contribution is 5.90. The molecule has 0 radical (unpaired) electrons. The van der Waals surface area contributed by atoms with Gasteiger partial charge in [0, 0.05) is 22.9 Å². The normalized spacial score (nSPS) is 18.1. The summed E-state index contributed by atoms with van der Waals surface area (Å²) in [6, 6.07) is 6.61. The number of phenolic OH excluding ortho intramolecular Hbond substituents is 1. The van der Waals surface area contributed by atoms with Crippen molar-refractivity contribution in [3.8, 4) is 17.1 Å². The van der Waals surface area contributed by atoms with Crippen LogP contribution in [0.25, 0.3) is 22.3 Å². The van der Waals surface area contributed by atoms with Crippen molar-refractivity contribution in [1.29, 1.82) is 0 Å². The highest BCUT2D eigenvalue weighted by Gasteiger charge is 2.50. The monoisotopic (exact) mass is 494 g/mol. The van der Waals surface area contributed by atoms with E-state index in [1.807, 2.05) is 6.92 Å². The first-order chi connectivity index (χ1) is 17.2. The van der Waals surface area contributed by atoms with Crippen LogP contribution in [0, 0.1) is 0 Å². The molecule has 2 aliphatic heterocycles. The van der Waals surface area contributed by atoms with Gasteiger partial charge in [-0.1, -0.05) is 13.8 Å². The fraction of sp³-hybridized carbons (Fsp3) is 0.385. The molecule has 3 N–H and O–H groups in total. The predicted molar refractivity (Wildman–Crippen MR) is 127 cm³/mol. The van der Waals surface area contributed by atoms with E-state index in [0.717, 1.165) is 16.5 Å². The van der Waals surface area contributed by atoms with E-state index in [2.05, 4.69) is 0 Å². The van der Waals surface area contributed by atoms with Crippen molar-refractivity contribution in [3.05, 3.63) is 56.9 Å². The van der Waals surface area contributed by atoms with Crippen LogP contribution in [0.2, 0.25) is 0 Å². The number of hydrogen-bond donors (Lipinski definition) is 3. The van der Waals surface area contributed by atoms with Gasteiger partial charge in [-0.2, -0.15) is 0 Å². The zero-order chi connectivity index (χ0) is 25.8. The fourth-order valence-corrected chi connectivity index (χ4v) is 5.20. The summed E-state index contributed by atoms with van der Waals surface area (Å²) in [4.78, 5) is 44.0. The molecule has 10 nitrogen and oxygen atoms in total. The molecule has 0 saturated carbocycles. The predicted octanol–water partition coefficient (Wildman–Crippen LogP) is 1.99. The molecule has 5 rings (SSSR count). The van der Waals surface area contributed by atoms with Crippen LogP contribution in [0.5, 0.6) is 5.75 Å². The van der Waals surface area contributed by atoms with Gasteiger partial charge < -0.3 is 29.4 Å². The van der Waals surface area contributed by atoms with Crippen molar-refractivity contribution in [3.63, 3.8) is 0 Å². The van der Waals surface area contributed by atoms with Gasteiger partial charge in [0.15, 0.2) is 6.29 Å². The third kappa shape index (κ3) is 3.56. The Morgan fingerprint density at radius 2 is 2.00 bits per heavy atom. The van der Waals surface area contributed by atoms with E-state index in [1.54, 1.807) is 35.8 Å². The number of aliphatic hydroxyl groups excluding tert-OH is 1. The maximum Gasteiger partial charge on any atom is 0.355 e. The first-order valence-electron chi connectivity index (χ1n) is 11.9. The molecule has 0 spiro atoms.